The summed E-state index contributed by atoms with van der Waals surface area (Å²) in [6, 6.07) is 0.883. The van der Waals surface area contributed by atoms with E-state index in [1.54, 1.807) is 0 Å². The number of aromatic nitrogens is 1. The Hall–Kier alpha value is -1.01. The van der Waals surface area contributed by atoms with Crippen LogP contribution in [0.15, 0.2) is 12.3 Å². The Morgan fingerprint density at radius 3 is 2.61 bits per heavy atom. The quantitative estimate of drug-likeness (QED) is 0.875. The highest BCUT2D eigenvalue weighted by molar-refractivity contribution is 6.33. The molecule has 0 amide bonds. The van der Waals surface area contributed by atoms with Crippen LogP contribution in [-0.4, -0.2) is 17.1 Å². The van der Waals surface area contributed by atoms with Gasteiger partial charge in [0.2, 0.25) is 0 Å². The summed E-state index contributed by atoms with van der Waals surface area (Å²) in [5.41, 5.74) is 5.01. The molecule has 7 heteroatoms. The first-order valence-corrected chi connectivity index (χ1v) is 6.00. The predicted molar refractivity (Wildman–Crippen MR) is 63.5 cm³/mol. The van der Waals surface area contributed by atoms with Crippen molar-refractivity contribution in [1.82, 2.24) is 4.98 Å². The summed E-state index contributed by atoms with van der Waals surface area (Å²) in [7, 11) is 0. The molecule has 0 aromatic carbocycles. The van der Waals surface area contributed by atoms with Crippen LogP contribution in [-0.2, 0) is 6.18 Å². The van der Waals surface area contributed by atoms with E-state index in [1.807, 2.05) is 0 Å². The van der Waals surface area contributed by atoms with Crippen LogP contribution in [0.25, 0.3) is 0 Å². The van der Waals surface area contributed by atoms with E-state index in [4.69, 9.17) is 17.3 Å². The summed E-state index contributed by atoms with van der Waals surface area (Å²) >= 11 is 5.80. The second-order valence-corrected chi connectivity index (χ2v) is 4.80. The van der Waals surface area contributed by atoms with Crippen LogP contribution in [0.5, 0.6) is 0 Å². The van der Waals surface area contributed by atoms with Gasteiger partial charge in [0.1, 0.15) is 5.82 Å². The molecule has 1 aromatic rings. The Morgan fingerprint density at radius 1 is 1.39 bits per heavy atom. The molecule has 0 aliphatic heterocycles. The zero-order chi connectivity index (χ0) is 13.3. The van der Waals surface area contributed by atoms with Gasteiger partial charge in [-0.2, -0.15) is 13.2 Å². The number of rotatable bonds is 2. The largest absolute Gasteiger partial charge is 0.417 e. The smallest absolute Gasteiger partial charge is 0.365 e. The number of nitrogens with one attached hydrogen (secondary N) is 1. The second kappa shape index (κ2) is 4.93. The lowest BCUT2D eigenvalue weighted by Crippen LogP contribution is -2.35. The van der Waals surface area contributed by atoms with E-state index >= 15 is 0 Å². The second-order valence-electron chi connectivity index (χ2n) is 4.40. The Labute approximate surface area is 108 Å². The number of nitrogens with zero attached hydrogens (tertiary/aromatic N) is 1. The maximum absolute atomic E-state index is 12.4. The summed E-state index contributed by atoms with van der Waals surface area (Å²) in [4.78, 5) is 3.72. The normalized spacial score (nSPS) is 24.3. The van der Waals surface area contributed by atoms with Crippen molar-refractivity contribution in [3.63, 3.8) is 0 Å². The number of nitrogens with two attached hydrogens (primary N) is 1. The molecule has 1 saturated carbocycles. The van der Waals surface area contributed by atoms with Crippen molar-refractivity contribution in [2.24, 2.45) is 5.73 Å². The molecule has 2 rings (SSSR count). The van der Waals surface area contributed by atoms with Crippen molar-refractivity contribution in [1.29, 1.82) is 0 Å². The summed E-state index contributed by atoms with van der Waals surface area (Å²) in [6.07, 6.45) is -0.888. The lowest BCUT2D eigenvalue weighted by molar-refractivity contribution is -0.137. The fraction of sp³-hybridized carbons (Fsp3) is 0.545. The number of halogens is 4. The van der Waals surface area contributed by atoms with Gasteiger partial charge in [0, 0.05) is 18.3 Å². The van der Waals surface area contributed by atoms with Gasteiger partial charge >= 0.3 is 6.18 Å². The minimum Gasteiger partial charge on any atom is -0.365 e. The Kier molecular flexibility index (Phi) is 3.68. The third-order valence-electron chi connectivity index (χ3n) is 3.06. The molecular weight excluding hydrogens is 267 g/mol. The van der Waals surface area contributed by atoms with Gasteiger partial charge in [-0.1, -0.05) is 11.6 Å². The van der Waals surface area contributed by atoms with E-state index in [1.165, 1.54) is 0 Å². The molecule has 1 heterocycles. The van der Waals surface area contributed by atoms with Gasteiger partial charge < -0.3 is 11.1 Å². The van der Waals surface area contributed by atoms with E-state index in [0.717, 1.165) is 31.5 Å². The molecule has 3 nitrogen and oxygen atoms in total. The van der Waals surface area contributed by atoms with Crippen LogP contribution in [0.2, 0.25) is 5.02 Å². The third-order valence-corrected chi connectivity index (χ3v) is 3.35. The number of hydrogen-bond acceptors (Lipinski definition) is 3. The molecule has 2 atom stereocenters. The molecule has 1 aliphatic rings. The van der Waals surface area contributed by atoms with Gasteiger partial charge in [0.05, 0.1) is 10.6 Å². The van der Waals surface area contributed by atoms with Crippen LogP contribution in [0, 0.1) is 0 Å². The Morgan fingerprint density at radius 2 is 2.11 bits per heavy atom. The summed E-state index contributed by atoms with van der Waals surface area (Å²) in [5.74, 6) is 0.256. The predicted octanol–water partition coefficient (Wildman–Crippen LogP) is 3.05. The van der Waals surface area contributed by atoms with Gasteiger partial charge in [0.25, 0.3) is 0 Å². The number of hydrogen-bond donors (Lipinski definition) is 2. The third kappa shape index (κ3) is 2.87. The first-order valence-electron chi connectivity index (χ1n) is 5.63. The molecule has 18 heavy (non-hydrogen) atoms. The number of pyridine rings is 1. The van der Waals surface area contributed by atoms with Crippen molar-refractivity contribution in [3.8, 4) is 0 Å². The molecule has 0 radical (unpaired) electrons. The Bertz CT molecular complexity index is 436. The molecular formula is C11H13ClF3N3. The maximum atomic E-state index is 12.4. The van der Waals surface area contributed by atoms with Crippen molar-refractivity contribution < 1.29 is 13.2 Å². The van der Waals surface area contributed by atoms with Crippen LogP contribution >= 0.6 is 11.6 Å². The molecule has 1 fully saturated rings. The van der Waals surface area contributed by atoms with Gasteiger partial charge in [0.15, 0.2) is 0 Å². The zero-order valence-corrected chi connectivity index (χ0v) is 10.2. The molecule has 3 N–H and O–H groups in total. The molecule has 2 unspecified atom stereocenters. The fourth-order valence-corrected chi connectivity index (χ4v) is 2.26. The van der Waals surface area contributed by atoms with Gasteiger partial charge in [-0.3, -0.25) is 0 Å². The van der Waals surface area contributed by atoms with Gasteiger partial charge in [-0.25, -0.2) is 4.98 Å². The Balaban J connectivity index is 2.15. The molecule has 1 aromatic heterocycles. The minimum atomic E-state index is -4.43. The molecule has 1 aliphatic carbocycles. The average molecular weight is 280 g/mol. The summed E-state index contributed by atoms with van der Waals surface area (Å²) in [6.45, 7) is 0. The van der Waals surface area contributed by atoms with Crippen LogP contribution in [0.3, 0.4) is 0 Å². The molecule has 0 saturated heterocycles. The minimum absolute atomic E-state index is 0.00911. The van der Waals surface area contributed by atoms with Crippen molar-refractivity contribution in [2.75, 3.05) is 5.32 Å². The SMILES string of the molecule is NC1CCCC1Nc1ncc(C(F)(F)F)cc1Cl. The van der Waals surface area contributed by atoms with E-state index in [9.17, 15) is 13.2 Å². The molecule has 100 valence electrons. The summed E-state index contributed by atoms with van der Waals surface area (Å²) in [5, 5.41) is 2.96. The summed E-state index contributed by atoms with van der Waals surface area (Å²) < 4.78 is 37.3. The first kappa shape index (κ1) is 13.4. The van der Waals surface area contributed by atoms with Crippen molar-refractivity contribution in [3.05, 3.63) is 22.8 Å². The van der Waals surface area contributed by atoms with Gasteiger partial charge in [-0.05, 0) is 25.3 Å². The molecule has 0 bridgehead atoms. The van der Waals surface area contributed by atoms with Crippen LogP contribution in [0.1, 0.15) is 24.8 Å². The van der Waals surface area contributed by atoms with Crippen LogP contribution in [0.4, 0.5) is 19.0 Å². The monoisotopic (exact) mass is 279 g/mol. The van der Waals surface area contributed by atoms with E-state index in [2.05, 4.69) is 10.3 Å². The maximum Gasteiger partial charge on any atom is 0.417 e. The topological polar surface area (TPSA) is 50.9 Å². The molecule has 0 spiro atoms. The number of alkyl halides is 3. The lowest BCUT2D eigenvalue weighted by Gasteiger charge is -2.19. The lowest BCUT2D eigenvalue weighted by atomic mass is 10.2. The fourth-order valence-electron chi connectivity index (χ4n) is 2.04. The van der Waals surface area contributed by atoms with E-state index < -0.39 is 11.7 Å². The van der Waals surface area contributed by atoms with Gasteiger partial charge in [-0.15, -0.1) is 0 Å². The van der Waals surface area contributed by atoms with Crippen LogP contribution < -0.4 is 11.1 Å². The standard InChI is InChI=1S/C11H13ClF3N3/c12-7-4-6(11(13,14)15)5-17-10(7)18-9-3-1-2-8(9)16/h4-5,8-9H,1-3,16H2,(H,17,18). The zero-order valence-electron chi connectivity index (χ0n) is 9.47. The highest BCUT2D eigenvalue weighted by Crippen LogP contribution is 2.33. The highest BCUT2D eigenvalue weighted by atomic mass is 35.5. The van der Waals surface area contributed by atoms with E-state index in [-0.39, 0.29) is 22.9 Å². The number of anilines is 1. The van der Waals surface area contributed by atoms with Crippen molar-refractivity contribution >= 4 is 17.4 Å². The first-order chi connectivity index (χ1) is 8.38. The highest BCUT2D eigenvalue weighted by Gasteiger charge is 2.32. The van der Waals surface area contributed by atoms with Crippen molar-refractivity contribution in [2.45, 2.75) is 37.5 Å². The van der Waals surface area contributed by atoms with E-state index in [0.29, 0.717) is 0 Å². The average Bonchev–Trinajstić information content (AvgIpc) is 2.66.